The number of fused-ring (bicyclic) bond motifs is 1. The van der Waals surface area contributed by atoms with Crippen LogP contribution < -0.4 is 9.64 Å². The van der Waals surface area contributed by atoms with Gasteiger partial charge in [0.05, 0.1) is 5.56 Å². The highest BCUT2D eigenvalue weighted by Crippen LogP contribution is 2.37. The Hall–Kier alpha value is -2.55. The number of aryl methyl sites for hydroxylation is 2. The molecule has 0 spiro atoms. The molecule has 24 heavy (non-hydrogen) atoms. The van der Waals surface area contributed by atoms with Gasteiger partial charge in [0.1, 0.15) is 5.75 Å². The first-order valence-electron chi connectivity index (χ1n) is 8.73. The summed E-state index contributed by atoms with van der Waals surface area (Å²) in [6.45, 7) is 2.36. The van der Waals surface area contributed by atoms with Gasteiger partial charge < -0.3 is 9.64 Å². The fourth-order valence-corrected chi connectivity index (χ4v) is 4.20. The van der Waals surface area contributed by atoms with Crippen LogP contribution in [0.4, 0.5) is 5.69 Å². The molecule has 3 heteroatoms. The summed E-state index contributed by atoms with van der Waals surface area (Å²) in [5.74, 6) is 1.09. The number of nitrogens with zero attached hydrogens (tertiary/aromatic N) is 1. The van der Waals surface area contributed by atoms with Crippen LogP contribution in [0.15, 0.2) is 42.2 Å². The van der Waals surface area contributed by atoms with E-state index >= 15 is 0 Å². The molecule has 3 heterocycles. The van der Waals surface area contributed by atoms with Gasteiger partial charge in [0.25, 0.3) is 0 Å². The quantitative estimate of drug-likeness (QED) is 0.745. The lowest BCUT2D eigenvalue weighted by Gasteiger charge is -2.37. The molecule has 0 amide bonds. The number of Topliss-reactive ketones (excluding diaryl/α,β-unsaturated/α-hetero) is 1. The number of benzene rings is 2. The second-order valence-electron chi connectivity index (χ2n) is 6.82. The predicted octanol–water partition coefficient (Wildman–Crippen LogP) is 4.00. The normalized spacial score (nSPS) is 19.9. The number of ketones is 1. The number of ether oxygens (including phenoxy) is 1. The molecule has 3 aliphatic heterocycles. The summed E-state index contributed by atoms with van der Waals surface area (Å²) in [5, 5.41) is 0. The molecule has 0 unspecified atom stereocenters. The molecule has 0 bridgehead atoms. The Kier molecular flexibility index (Phi) is 3.02. The molecule has 2 aromatic carbocycles. The lowest BCUT2D eigenvalue weighted by molar-refractivity contribution is 0.101. The van der Waals surface area contributed by atoms with E-state index in [9.17, 15) is 4.79 Å². The van der Waals surface area contributed by atoms with Gasteiger partial charge in [-0.15, -0.1) is 0 Å². The Balaban J connectivity index is 1.56. The lowest BCUT2D eigenvalue weighted by atomic mass is 9.90. The highest BCUT2D eigenvalue weighted by atomic mass is 16.5. The molecule has 0 atom stereocenters. The summed E-state index contributed by atoms with van der Waals surface area (Å²) in [6, 6.07) is 11.9. The summed E-state index contributed by atoms with van der Waals surface area (Å²) in [5.41, 5.74) is 6.05. The van der Waals surface area contributed by atoms with Crippen molar-refractivity contribution in [1.82, 2.24) is 0 Å². The minimum absolute atomic E-state index is 0.0152. The summed E-state index contributed by atoms with van der Waals surface area (Å²) in [7, 11) is 0. The van der Waals surface area contributed by atoms with Crippen molar-refractivity contribution in [3.8, 4) is 5.75 Å². The van der Waals surface area contributed by atoms with Crippen LogP contribution in [0, 0.1) is 0 Å². The number of carbonyl (C=O) groups is 1. The van der Waals surface area contributed by atoms with Gasteiger partial charge in [-0.25, -0.2) is 0 Å². The van der Waals surface area contributed by atoms with Crippen molar-refractivity contribution in [3.05, 3.63) is 64.4 Å². The van der Waals surface area contributed by atoms with Gasteiger partial charge in [0.2, 0.25) is 5.78 Å². The van der Waals surface area contributed by atoms with Crippen LogP contribution in [0.2, 0.25) is 0 Å². The van der Waals surface area contributed by atoms with Crippen molar-refractivity contribution in [3.63, 3.8) is 0 Å². The van der Waals surface area contributed by atoms with Crippen molar-refractivity contribution in [2.45, 2.75) is 25.7 Å². The molecule has 120 valence electrons. The summed E-state index contributed by atoms with van der Waals surface area (Å²) >= 11 is 0. The molecule has 0 saturated carbocycles. The van der Waals surface area contributed by atoms with Gasteiger partial charge in [0, 0.05) is 18.8 Å². The van der Waals surface area contributed by atoms with Crippen molar-refractivity contribution in [2.24, 2.45) is 0 Å². The summed E-state index contributed by atoms with van der Waals surface area (Å²) in [6.07, 6.45) is 6.60. The van der Waals surface area contributed by atoms with Crippen LogP contribution in [0.25, 0.3) is 6.08 Å². The first-order valence-corrected chi connectivity index (χ1v) is 8.73. The summed E-state index contributed by atoms with van der Waals surface area (Å²) in [4.78, 5) is 15.0. The molecule has 0 saturated heterocycles. The molecule has 5 rings (SSSR count). The number of anilines is 1. The van der Waals surface area contributed by atoms with Crippen LogP contribution in [-0.4, -0.2) is 18.9 Å². The average molecular weight is 317 g/mol. The Morgan fingerprint density at radius 1 is 1.00 bits per heavy atom. The number of rotatable bonds is 1. The van der Waals surface area contributed by atoms with Crippen LogP contribution in [0.5, 0.6) is 5.75 Å². The van der Waals surface area contributed by atoms with Crippen LogP contribution in [-0.2, 0) is 12.8 Å². The minimum Gasteiger partial charge on any atom is -0.452 e. The maximum absolute atomic E-state index is 12.5. The third kappa shape index (κ3) is 2.08. The zero-order valence-electron chi connectivity index (χ0n) is 13.5. The van der Waals surface area contributed by atoms with Gasteiger partial charge in [-0.1, -0.05) is 12.1 Å². The molecular weight excluding hydrogens is 298 g/mol. The monoisotopic (exact) mass is 317 g/mol. The second-order valence-corrected chi connectivity index (χ2v) is 6.82. The van der Waals surface area contributed by atoms with E-state index in [1.165, 1.54) is 42.7 Å². The van der Waals surface area contributed by atoms with E-state index in [0.717, 1.165) is 18.4 Å². The lowest BCUT2D eigenvalue weighted by Crippen LogP contribution is -2.34. The van der Waals surface area contributed by atoms with Gasteiger partial charge >= 0.3 is 0 Å². The maximum Gasteiger partial charge on any atom is 0.231 e. The summed E-state index contributed by atoms with van der Waals surface area (Å²) < 4.78 is 5.78. The van der Waals surface area contributed by atoms with Gasteiger partial charge in [-0.05, 0) is 72.7 Å². The fourth-order valence-electron chi connectivity index (χ4n) is 4.20. The van der Waals surface area contributed by atoms with Gasteiger partial charge in [0.15, 0.2) is 5.76 Å². The minimum atomic E-state index is -0.0152. The number of hydrogen-bond donors (Lipinski definition) is 0. The fraction of sp³-hybridized carbons (Fsp3) is 0.286. The Morgan fingerprint density at radius 3 is 2.42 bits per heavy atom. The largest absolute Gasteiger partial charge is 0.452 e. The molecule has 0 aliphatic carbocycles. The second kappa shape index (κ2) is 5.23. The van der Waals surface area contributed by atoms with Crippen molar-refractivity contribution in [1.29, 1.82) is 0 Å². The predicted molar refractivity (Wildman–Crippen MR) is 94.7 cm³/mol. The van der Waals surface area contributed by atoms with E-state index in [4.69, 9.17) is 4.74 Å². The van der Waals surface area contributed by atoms with Crippen molar-refractivity contribution >= 4 is 17.5 Å². The van der Waals surface area contributed by atoms with E-state index in [1.54, 1.807) is 0 Å². The highest BCUT2D eigenvalue weighted by Gasteiger charge is 2.28. The third-order valence-electron chi connectivity index (χ3n) is 5.23. The number of allylic oxidation sites excluding steroid dienone is 1. The Morgan fingerprint density at radius 2 is 1.71 bits per heavy atom. The zero-order chi connectivity index (χ0) is 16.1. The smallest absolute Gasteiger partial charge is 0.231 e. The molecule has 0 fully saturated rings. The van der Waals surface area contributed by atoms with Crippen LogP contribution in [0.1, 0.15) is 39.9 Å². The van der Waals surface area contributed by atoms with Crippen LogP contribution >= 0.6 is 0 Å². The average Bonchev–Trinajstić information content (AvgIpc) is 2.92. The number of carbonyl (C=O) groups excluding carboxylic acids is 1. The molecule has 2 aromatic rings. The van der Waals surface area contributed by atoms with E-state index in [2.05, 4.69) is 17.0 Å². The van der Waals surface area contributed by atoms with Crippen LogP contribution in [0.3, 0.4) is 0 Å². The van der Waals surface area contributed by atoms with Crippen molar-refractivity contribution < 1.29 is 9.53 Å². The first-order chi connectivity index (χ1) is 11.8. The zero-order valence-corrected chi connectivity index (χ0v) is 13.5. The molecule has 0 N–H and O–H groups in total. The van der Waals surface area contributed by atoms with Gasteiger partial charge in [-0.3, -0.25) is 4.79 Å². The van der Waals surface area contributed by atoms with Crippen molar-refractivity contribution in [2.75, 3.05) is 18.0 Å². The number of para-hydroxylation sites is 1. The molecule has 3 aliphatic rings. The first kappa shape index (κ1) is 13.8. The highest BCUT2D eigenvalue weighted by molar-refractivity contribution is 6.14. The standard InChI is InChI=1S/C21H19NO2/c23-21-17-7-1-2-8-18(17)24-19(21)13-14-11-15-5-3-9-22-10-4-6-16(12-14)20(15)22/h1-2,7-8,11-13H,3-6,9-10H2. The van der Waals surface area contributed by atoms with E-state index in [1.807, 2.05) is 30.3 Å². The molecule has 0 aromatic heterocycles. The van der Waals surface area contributed by atoms with Gasteiger partial charge in [-0.2, -0.15) is 0 Å². The maximum atomic E-state index is 12.5. The Labute approximate surface area is 141 Å². The third-order valence-corrected chi connectivity index (χ3v) is 5.23. The SMILES string of the molecule is O=C1C(=Cc2cc3c4c(c2)CCCN4CCC3)Oc2ccccc21. The van der Waals surface area contributed by atoms with E-state index in [0.29, 0.717) is 17.1 Å². The van der Waals surface area contributed by atoms with E-state index < -0.39 is 0 Å². The molecular formula is C21H19NO2. The molecule has 0 radical (unpaired) electrons. The topological polar surface area (TPSA) is 29.5 Å². The van der Waals surface area contributed by atoms with E-state index in [-0.39, 0.29) is 5.78 Å². The Bertz CT molecular complexity index is 850. The number of hydrogen-bond acceptors (Lipinski definition) is 3. The molecule has 3 nitrogen and oxygen atoms in total.